The van der Waals surface area contributed by atoms with Gasteiger partial charge < -0.3 is 14.9 Å². The van der Waals surface area contributed by atoms with Crippen LogP contribution in [0.3, 0.4) is 0 Å². The maximum atomic E-state index is 13.6. The van der Waals surface area contributed by atoms with Crippen molar-refractivity contribution in [2.75, 3.05) is 38.0 Å². The van der Waals surface area contributed by atoms with Crippen molar-refractivity contribution in [2.24, 2.45) is 0 Å². The molecule has 5 nitrogen and oxygen atoms in total. The van der Waals surface area contributed by atoms with E-state index in [9.17, 15) is 15.0 Å². The first kappa shape index (κ1) is 28.2. The average molecular weight is 573 g/mol. The number of carbonyl (C=O) groups excluding carboxylic acids is 1. The summed E-state index contributed by atoms with van der Waals surface area (Å²) in [4.78, 5) is 16.9. The topological polar surface area (TPSA) is 70.0 Å². The highest BCUT2D eigenvalue weighted by atomic mass is 35.5. The van der Waals surface area contributed by atoms with Gasteiger partial charge in [0.2, 0.25) is 0 Å². The second-order valence-electron chi connectivity index (χ2n) is 9.02. The van der Waals surface area contributed by atoms with Gasteiger partial charge in [-0.05, 0) is 98.2 Å². The van der Waals surface area contributed by atoms with E-state index in [0.717, 1.165) is 45.9 Å². The van der Waals surface area contributed by atoms with Crippen molar-refractivity contribution >= 4 is 50.4 Å². The Hall–Kier alpha value is -2.77. The first-order valence-corrected chi connectivity index (χ1v) is 14.6. The molecule has 0 spiro atoms. The van der Waals surface area contributed by atoms with Gasteiger partial charge in [0.25, 0.3) is 0 Å². The Kier molecular flexibility index (Phi) is 10.3. The average Bonchev–Trinajstić information content (AvgIpc) is 3.32. The van der Waals surface area contributed by atoms with Gasteiger partial charge in [0.05, 0.1) is 0 Å². The van der Waals surface area contributed by atoms with Crippen molar-refractivity contribution in [2.45, 2.75) is 19.3 Å². The Morgan fingerprint density at radius 2 is 1.53 bits per heavy atom. The third-order valence-electron chi connectivity index (χ3n) is 6.34. The Morgan fingerprint density at radius 1 is 0.868 bits per heavy atom. The van der Waals surface area contributed by atoms with Crippen molar-refractivity contribution < 1.29 is 19.7 Å². The number of ether oxygens (including phenoxy) is 1. The van der Waals surface area contributed by atoms with Crippen LogP contribution in [0.4, 0.5) is 0 Å². The summed E-state index contributed by atoms with van der Waals surface area (Å²) in [6.07, 6.45) is 3.85. The van der Waals surface area contributed by atoms with E-state index in [1.165, 1.54) is 30.6 Å². The molecular weight excluding hydrogens is 541 g/mol. The summed E-state index contributed by atoms with van der Waals surface area (Å²) >= 11 is 11.6. The summed E-state index contributed by atoms with van der Waals surface area (Å²) in [7, 11) is 0. The molecule has 5 rings (SSSR count). The lowest BCUT2D eigenvalue weighted by Crippen LogP contribution is -2.33. The zero-order valence-corrected chi connectivity index (χ0v) is 23.4. The predicted molar refractivity (Wildman–Crippen MR) is 158 cm³/mol. The molecule has 1 saturated heterocycles. The highest BCUT2D eigenvalue weighted by Crippen LogP contribution is 2.41. The lowest BCUT2D eigenvalue weighted by Gasteiger charge is -2.26. The van der Waals surface area contributed by atoms with Crippen molar-refractivity contribution in [1.29, 1.82) is 0 Å². The van der Waals surface area contributed by atoms with Crippen LogP contribution in [0.2, 0.25) is 0 Å². The van der Waals surface area contributed by atoms with Crippen LogP contribution in [0.15, 0.2) is 66.7 Å². The normalized spacial score (nSPS) is 13.6. The summed E-state index contributed by atoms with van der Waals surface area (Å²) < 4.78 is 6.76. The van der Waals surface area contributed by atoms with Gasteiger partial charge in [-0.25, -0.2) is 0 Å². The van der Waals surface area contributed by atoms with E-state index < -0.39 is 0 Å². The number of hydrogen-bond donors (Lipinski definition) is 2. The Labute approximate surface area is 237 Å². The zero-order chi connectivity index (χ0) is 26.9. The van der Waals surface area contributed by atoms with E-state index in [-0.39, 0.29) is 17.3 Å². The molecule has 0 aliphatic carbocycles. The van der Waals surface area contributed by atoms with Gasteiger partial charge in [-0.3, -0.25) is 9.69 Å². The van der Waals surface area contributed by atoms with Crippen LogP contribution in [0.1, 0.15) is 35.2 Å². The smallest absolute Gasteiger partial charge is 0.195 e. The molecule has 3 aromatic carbocycles. The molecule has 0 unspecified atom stereocenters. The summed E-state index contributed by atoms with van der Waals surface area (Å²) in [5.74, 6) is 2.12. The van der Waals surface area contributed by atoms with Crippen LogP contribution in [0.25, 0.3) is 20.5 Å². The summed E-state index contributed by atoms with van der Waals surface area (Å²) in [5.41, 5.74) is 2.03. The van der Waals surface area contributed by atoms with Crippen LogP contribution in [0.5, 0.6) is 17.2 Å². The number of alkyl halides is 2. The molecule has 1 aromatic heterocycles. The number of hydrogen-bond acceptors (Lipinski definition) is 6. The van der Waals surface area contributed by atoms with Gasteiger partial charge >= 0.3 is 0 Å². The monoisotopic (exact) mass is 571 g/mol. The lowest BCUT2D eigenvalue weighted by atomic mass is 9.97. The largest absolute Gasteiger partial charge is 0.508 e. The highest BCUT2D eigenvalue weighted by molar-refractivity contribution is 7.22. The van der Waals surface area contributed by atoms with Gasteiger partial charge in [-0.1, -0.05) is 6.42 Å². The quantitative estimate of drug-likeness (QED) is 0.169. The number of halogens is 2. The van der Waals surface area contributed by atoms with Crippen molar-refractivity contribution in [3.05, 3.63) is 77.9 Å². The third-order valence-corrected chi connectivity index (χ3v) is 8.12. The third kappa shape index (κ3) is 7.20. The van der Waals surface area contributed by atoms with Crippen LogP contribution in [-0.2, 0) is 0 Å². The SMILES string of the molecule is ClCCCl.O=C(c1ccc(OCCN2CCCCC2)cc1)c1c(-c2ccc(O)cc2)sc2cc(O)ccc12. The Balaban J connectivity index is 0.000000786. The van der Waals surface area contributed by atoms with E-state index in [2.05, 4.69) is 4.90 Å². The molecular formula is C30H31Cl2NO4S. The zero-order valence-electron chi connectivity index (χ0n) is 21.0. The second-order valence-corrected chi connectivity index (χ2v) is 10.8. The molecule has 1 aliphatic heterocycles. The number of phenols is 2. The number of phenolic OH excluding ortho intramolecular Hbond substituents is 2. The number of carbonyl (C=O) groups is 1. The summed E-state index contributed by atoms with van der Waals surface area (Å²) in [5, 5.41) is 20.4. The van der Waals surface area contributed by atoms with Gasteiger partial charge in [0.1, 0.15) is 23.9 Å². The molecule has 0 amide bonds. The fourth-order valence-electron chi connectivity index (χ4n) is 4.45. The number of ketones is 1. The minimum Gasteiger partial charge on any atom is -0.508 e. The van der Waals surface area contributed by atoms with Crippen molar-refractivity contribution in [1.82, 2.24) is 4.90 Å². The number of nitrogens with zero attached hydrogens (tertiary/aromatic N) is 1. The second kappa shape index (κ2) is 13.9. The lowest BCUT2D eigenvalue weighted by molar-refractivity contribution is 0.104. The van der Waals surface area contributed by atoms with Crippen molar-refractivity contribution in [3.8, 4) is 27.7 Å². The molecule has 0 atom stereocenters. The molecule has 0 saturated carbocycles. The number of likely N-dealkylation sites (tertiary alicyclic amines) is 1. The first-order chi connectivity index (χ1) is 18.5. The number of thiophene rings is 1. The summed E-state index contributed by atoms with van der Waals surface area (Å²) in [6, 6.07) is 19.2. The van der Waals surface area contributed by atoms with Gasteiger partial charge in [-0.2, -0.15) is 0 Å². The van der Waals surface area contributed by atoms with Crippen LogP contribution in [0, 0.1) is 0 Å². The Morgan fingerprint density at radius 3 is 2.18 bits per heavy atom. The Bertz CT molecular complexity index is 1330. The minimum absolute atomic E-state index is 0.0834. The highest BCUT2D eigenvalue weighted by Gasteiger charge is 2.22. The number of aromatic hydroxyl groups is 2. The van der Waals surface area contributed by atoms with Crippen LogP contribution < -0.4 is 4.74 Å². The molecule has 2 N–H and O–H groups in total. The molecule has 2 heterocycles. The van der Waals surface area contributed by atoms with Crippen LogP contribution in [-0.4, -0.2) is 58.9 Å². The van der Waals surface area contributed by atoms with Crippen molar-refractivity contribution in [3.63, 3.8) is 0 Å². The van der Waals surface area contributed by atoms with E-state index >= 15 is 0 Å². The predicted octanol–water partition coefficient (Wildman–Crippen LogP) is 7.54. The number of rotatable bonds is 8. The van der Waals surface area contributed by atoms with Gasteiger partial charge in [-0.15, -0.1) is 34.5 Å². The maximum Gasteiger partial charge on any atom is 0.195 e. The molecule has 8 heteroatoms. The van der Waals surface area contributed by atoms with Gasteiger partial charge in [0, 0.05) is 44.4 Å². The fourth-order valence-corrected chi connectivity index (χ4v) is 5.69. The molecule has 0 bridgehead atoms. The molecule has 200 valence electrons. The first-order valence-electron chi connectivity index (χ1n) is 12.7. The number of fused-ring (bicyclic) bond motifs is 1. The minimum atomic E-state index is -0.0834. The number of piperidine rings is 1. The maximum absolute atomic E-state index is 13.6. The summed E-state index contributed by atoms with van der Waals surface area (Å²) in [6.45, 7) is 3.85. The molecule has 1 aliphatic rings. The fraction of sp³-hybridized carbons (Fsp3) is 0.300. The van der Waals surface area contributed by atoms with E-state index in [1.54, 1.807) is 42.5 Å². The van der Waals surface area contributed by atoms with Gasteiger partial charge in [0.15, 0.2) is 5.78 Å². The molecule has 0 radical (unpaired) electrons. The number of benzene rings is 3. The van der Waals surface area contributed by atoms with E-state index in [4.69, 9.17) is 27.9 Å². The molecule has 1 fully saturated rings. The van der Waals surface area contributed by atoms with E-state index in [0.29, 0.717) is 29.5 Å². The standard InChI is InChI=1S/C28H27NO4S.C2H4Cl2/c30-21-8-4-20(5-9-21)28-26(24-13-10-22(31)18-25(24)34-28)27(32)19-6-11-23(12-7-19)33-17-16-29-14-2-1-3-15-29;3-1-2-4/h4-13,18,30-31H,1-3,14-17H2;1-2H2. The van der Waals surface area contributed by atoms with Crippen LogP contribution >= 0.6 is 34.5 Å². The molecule has 4 aromatic rings. The molecule has 38 heavy (non-hydrogen) atoms. The van der Waals surface area contributed by atoms with E-state index in [1.807, 2.05) is 24.3 Å².